The summed E-state index contributed by atoms with van der Waals surface area (Å²) in [6.45, 7) is 3.03. The standard InChI is InChI=1S/C17H21N5O3S/c1-19-7-9-21(10-8-19)17(23)16-14-11-20(2)26(24,25)15-6-4-3-5-13(15)22(14)12-18-16/h3-6,12H,7-11H2,1-2H3. The van der Waals surface area contributed by atoms with E-state index in [4.69, 9.17) is 0 Å². The Balaban J connectivity index is 1.79. The van der Waals surface area contributed by atoms with Crippen molar-refractivity contribution in [3.05, 3.63) is 42.0 Å². The molecule has 2 aromatic rings. The Hall–Kier alpha value is -2.23. The van der Waals surface area contributed by atoms with Gasteiger partial charge >= 0.3 is 0 Å². The van der Waals surface area contributed by atoms with Gasteiger partial charge in [-0.2, -0.15) is 4.31 Å². The quantitative estimate of drug-likeness (QED) is 0.721. The van der Waals surface area contributed by atoms with Gasteiger partial charge in [0.15, 0.2) is 5.69 Å². The molecule has 0 saturated carbocycles. The highest BCUT2D eigenvalue weighted by Crippen LogP contribution is 2.30. The Labute approximate surface area is 152 Å². The highest BCUT2D eigenvalue weighted by atomic mass is 32.2. The van der Waals surface area contributed by atoms with Crippen LogP contribution in [0.25, 0.3) is 5.69 Å². The molecular weight excluding hydrogens is 354 g/mol. The van der Waals surface area contributed by atoms with Gasteiger partial charge in [-0.25, -0.2) is 13.4 Å². The highest BCUT2D eigenvalue weighted by Gasteiger charge is 2.34. The van der Waals surface area contributed by atoms with Gasteiger partial charge in [-0.3, -0.25) is 9.36 Å². The minimum Gasteiger partial charge on any atom is -0.335 e. The van der Waals surface area contributed by atoms with E-state index in [1.54, 1.807) is 40.1 Å². The van der Waals surface area contributed by atoms with Crippen LogP contribution in [-0.2, 0) is 16.6 Å². The van der Waals surface area contributed by atoms with Crippen molar-refractivity contribution in [3.8, 4) is 5.69 Å². The fourth-order valence-corrected chi connectivity index (χ4v) is 4.72. The van der Waals surface area contributed by atoms with Crippen molar-refractivity contribution in [1.82, 2.24) is 23.7 Å². The molecular formula is C17H21N5O3S. The van der Waals surface area contributed by atoms with Crippen LogP contribution in [0.5, 0.6) is 0 Å². The number of benzene rings is 1. The molecule has 8 nitrogen and oxygen atoms in total. The number of aromatic nitrogens is 2. The van der Waals surface area contributed by atoms with E-state index in [0.29, 0.717) is 30.2 Å². The van der Waals surface area contributed by atoms with E-state index in [9.17, 15) is 13.2 Å². The minimum absolute atomic E-state index is 0.103. The van der Waals surface area contributed by atoms with E-state index in [1.807, 2.05) is 7.05 Å². The number of carbonyl (C=O) groups excluding carboxylic acids is 1. The van der Waals surface area contributed by atoms with Crippen LogP contribution >= 0.6 is 0 Å². The summed E-state index contributed by atoms with van der Waals surface area (Å²) in [6, 6.07) is 6.80. The van der Waals surface area contributed by atoms with E-state index < -0.39 is 10.0 Å². The fourth-order valence-electron chi connectivity index (χ4n) is 3.41. The summed E-state index contributed by atoms with van der Waals surface area (Å²) >= 11 is 0. The normalized spacial score (nSPS) is 20.3. The number of para-hydroxylation sites is 1. The molecule has 2 aliphatic heterocycles. The molecule has 9 heteroatoms. The predicted octanol–water partition coefficient (Wildman–Crippen LogP) is 0.394. The lowest BCUT2D eigenvalue weighted by molar-refractivity contribution is 0.0657. The molecule has 0 spiro atoms. The zero-order valence-corrected chi connectivity index (χ0v) is 15.6. The number of rotatable bonds is 1. The topological polar surface area (TPSA) is 78.8 Å². The maximum absolute atomic E-state index is 13.0. The summed E-state index contributed by atoms with van der Waals surface area (Å²) in [5.74, 6) is -0.142. The van der Waals surface area contributed by atoms with E-state index >= 15 is 0 Å². The molecule has 0 N–H and O–H groups in total. The van der Waals surface area contributed by atoms with Gasteiger partial charge in [-0.05, 0) is 19.2 Å². The maximum Gasteiger partial charge on any atom is 0.274 e. The number of imidazole rings is 1. The van der Waals surface area contributed by atoms with Gasteiger partial charge in [0.1, 0.15) is 11.2 Å². The second-order valence-electron chi connectivity index (χ2n) is 6.73. The van der Waals surface area contributed by atoms with Gasteiger partial charge < -0.3 is 9.80 Å². The van der Waals surface area contributed by atoms with Crippen molar-refractivity contribution in [2.45, 2.75) is 11.4 Å². The first-order valence-electron chi connectivity index (χ1n) is 8.49. The Morgan fingerprint density at radius 3 is 2.50 bits per heavy atom. The first kappa shape index (κ1) is 17.2. The van der Waals surface area contributed by atoms with Crippen molar-refractivity contribution in [3.63, 3.8) is 0 Å². The number of nitrogens with zero attached hydrogens (tertiary/aromatic N) is 5. The number of fused-ring (bicyclic) bond motifs is 3. The lowest BCUT2D eigenvalue weighted by Crippen LogP contribution is -2.47. The van der Waals surface area contributed by atoms with Crippen LogP contribution in [0.2, 0.25) is 0 Å². The number of sulfonamides is 1. The predicted molar refractivity (Wildman–Crippen MR) is 95.6 cm³/mol. The molecule has 0 radical (unpaired) electrons. The van der Waals surface area contributed by atoms with Crippen molar-refractivity contribution in [2.24, 2.45) is 0 Å². The van der Waals surface area contributed by atoms with Crippen molar-refractivity contribution in [2.75, 3.05) is 40.3 Å². The van der Waals surface area contributed by atoms with E-state index in [-0.39, 0.29) is 17.3 Å². The molecule has 1 saturated heterocycles. The number of likely N-dealkylation sites (N-methyl/N-ethyl adjacent to an activating group) is 1. The lowest BCUT2D eigenvalue weighted by atomic mass is 10.2. The lowest BCUT2D eigenvalue weighted by Gasteiger charge is -2.32. The van der Waals surface area contributed by atoms with Gasteiger partial charge in [-0.15, -0.1) is 0 Å². The molecule has 26 heavy (non-hydrogen) atoms. The molecule has 3 heterocycles. The zero-order valence-electron chi connectivity index (χ0n) is 14.8. The summed E-state index contributed by atoms with van der Waals surface area (Å²) in [5, 5.41) is 0. The van der Waals surface area contributed by atoms with Crippen LogP contribution in [0, 0.1) is 0 Å². The summed E-state index contributed by atoms with van der Waals surface area (Å²) in [4.78, 5) is 21.5. The summed E-state index contributed by atoms with van der Waals surface area (Å²) in [5.41, 5.74) is 1.45. The van der Waals surface area contributed by atoms with Crippen LogP contribution in [0.15, 0.2) is 35.5 Å². The number of piperazine rings is 1. The zero-order chi connectivity index (χ0) is 18.5. The molecule has 1 amide bonds. The Morgan fingerprint density at radius 2 is 1.77 bits per heavy atom. The molecule has 0 unspecified atom stereocenters. The molecule has 4 rings (SSSR count). The first-order valence-corrected chi connectivity index (χ1v) is 9.93. The third-order valence-corrected chi connectivity index (χ3v) is 6.90. The van der Waals surface area contributed by atoms with Gasteiger partial charge in [0.05, 0.1) is 17.9 Å². The molecule has 1 aromatic carbocycles. The molecule has 0 aliphatic carbocycles. The summed E-state index contributed by atoms with van der Waals surface area (Å²) < 4.78 is 28.6. The van der Waals surface area contributed by atoms with Crippen LogP contribution in [-0.4, -0.2) is 78.3 Å². The largest absolute Gasteiger partial charge is 0.335 e. The number of hydrogen-bond acceptors (Lipinski definition) is 5. The Bertz CT molecular complexity index is 961. The summed E-state index contributed by atoms with van der Waals surface area (Å²) in [6.07, 6.45) is 1.55. The molecule has 1 aromatic heterocycles. The maximum atomic E-state index is 13.0. The fraction of sp³-hybridized carbons (Fsp3) is 0.412. The van der Waals surface area contributed by atoms with E-state index in [2.05, 4.69) is 9.88 Å². The summed E-state index contributed by atoms with van der Waals surface area (Å²) in [7, 11) is -0.0606. The van der Waals surface area contributed by atoms with Gasteiger partial charge in [-0.1, -0.05) is 12.1 Å². The van der Waals surface area contributed by atoms with E-state index in [0.717, 1.165) is 13.1 Å². The van der Waals surface area contributed by atoms with Crippen LogP contribution in [0.3, 0.4) is 0 Å². The molecule has 0 bridgehead atoms. The van der Waals surface area contributed by atoms with Crippen LogP contribution in [0.1, 0.15) is 16.2 Å². The molecule has 0 atom stereocenters. The molecule has 2 aliphatic rings. The molecule has 138 valence electrons. The molecule has 1 fully saturated rings. The Morgan fingerprint density at radius 1 is 1.08 bits per heavy atom. The third kappa shape index (κ3) is 2.63. The first-order chi connectivity index (χ1) is 12.4. The monoisotopic (exact) mass is 375 g/mol. The third-order valence-electron chi connectivity index (χ3n) is 5.04. The smallest absolute Gasteiger partial charge is 0.274 e. The second-order valence-corrected chi connectivity index (χ2v) is 8.75. The van der Waals surface area contributed by atoms with Gasteiger partial charge in [0, 0.05) is 33.2 Å². The SMILES string of the molecule is CN1CCN(C(=O)c2ncn3c2CN(C)S(=O)(=O)c2ccccc2-3)CC1. The average molecular weight is 375 g/mol. The minimum atomic E-state index is -3.62. The second kappa shape index (κ2) is 6.19. The van der Waals surface area contributed by atoms with Crippen molar-refractivity contribution in [1.29, 1.82) is 0 Å². The highest BCUT2D eigenvalue weighted by molar-refractivity contribution is 7.89. The van der Waals surface area contributed by atoms with E-state index in [1.165, 1.54) is 11.4 Å². The van der Waals surface area contributed by atoms with Crippen molar-refractivity contribution < 1.29 is 13.2 Å². The number of hydrogen-bond donors (Lipinski definition) is 0. The number of carbonyl (C=O) groups is 1. The van der Waals surface area contributed by atoms with Crippen LogP contribution < -0.4 is 0 Å². The van der Waals surface area contributed by atoms with Gasteiger partial charge in [0.25, 0.3) is 5.91 Å². The van der Waals surface area contributed by atoms with Crippen molar-refractivity contribution >= 4 is 15.9 Å². The Kier molecular flexibility index (Phi) is 4.09. The number of amides is 1. The van der Waals surface area contributed by atoms with Crippen LogP contribution in [0.4, 0.5) is 0 Å². The van der Waals surface area contributed by atoms with Gasteiger partial charge in [0.2, 0.25) is 10.0 Å². The average Bonchev–Trinajstić information content (AvgIpc) is 3.01.